The number of nitro groups is 1. The Morgan fingerprint density at radius 1 is 1.12 bits per heavy atom. The summed E-state index contributed by atoms with van der Waals surface area (Å²) in [6.07, 6.45) is -0.270. The lowest BCUT2D eigenvalue weighted by atomic mass is 9.98. The molecule has 0 unspecified atom stereocenters. The van der Waals surface area contributed by atoms with E-state index in [4.69, 9.17) is 14.2 Å². The number of benzene rings is 1. The Morgan fingerprint density at radius 2 is 1.68 bits per heavy atom. The van der Waals surface area contributed by atoms with Crippen molar-refractivity contribution in [3.05, 3.63) is 33.9 Å². The van der Waals surface area contributed by atoms with Crippen LogP contribution in [0.5, 0.6) is 5.75 Å². The predicted molar refractivity (Wildman–Crippen MR) is 84.9 cm³/mol. The fourth-order valence-corrected chi connectivity index (χ4v) is 2.08. The molecule has 1 aromatic carbocycles. The second-order valence-corrected chi connectivity index (χ2v) is 4.90. The highest BCUT2D eigenvalue weighted by molar-refractivity contribution is 5.95. The van der Waals surface area contributed by atoms with Crippen molar-refractivity contribution >= 4 is 23.6 Å². The zero-order valence-electron chi connectivity index (χ0n) is 14.1. The van der Waals surface area contributed by atoms with Crippen molar-refractivity contribution in [2.75, 3.05) is 13.2 Å². The van der Waals surface area contributed by atoms with E-state index in [1.807, 2.05) is 0 Å². The third-order valence-electron chi connectivity index (χ3n) is 3.08. The number of rotatable bonds is 8. The van der Waals surface area contributed by atoms with Crippen molar-refractivity contribution < 1.29 is 33.5 Å². The smallest absolute Gasteiger partial charge is 0.320 e. The van der Waals surface area contributed by atoms with E-state index in [1.165, 1.54) is 12.1 Å². The molecule has 0 radical (unpaired) electrons. The first kappa shape index (κ1) is 20.1. The fourth-order valence-electron chi connectivity index (χ4n) is 2.08. The van der Waals surface area contributed by atoms with Crippen LogP contribution in [0.4, 0.5) is 5.69 Å². The highest BCUT2D eigenvalue weighted by Gasteiger charge is 2.32. The normalized spacial score (nSPS) is 10.2. The molecule has 0 bridgehead atoms. The number of nitro benzene ring substituents is 1. The highest BCUT2D eigenvalue weighted by atomic mass is 16.6. The standard InChI is InChI=1S/C16H19NO8/c1-4-23-15(19)13(16(20)24-5-2)8-11-6-7-12(25-10(3)18)9-14(11)17(21)22/h6-7,9,13H,4-5,8H2,1-3H3. The summed E-state index contributed by atoms with van der Waals surface area (Å²) in [4.78, 5) is 45.5. The largest absolute Gasteiger partial charge is 0.465 e. The molecule has 0 aliphatic heterocycles. The van der Waals surface area contributed by atoms with Crippen molar-refractivity contribution in [3.63, 3.8) is 0 Å². The molecule has 1 aromatic rings. The van der Waals surface area contributed by atoms with Crippen molar-refractivity contribution in [3.8, 4) is 5.75 Å². The minimum Gasteiger partial charge on any atom is -0.465 e. The van der Waals surface area contributed by atoms with Crippen LogP contribution in [0.15, 0.2) is 18.2 Å². The van der Waals surface area contributed by atoms with E-state index < -0.39 is 28.7 Å². The van der Waals surface area contributed by atoms with Crippen LogP contribution in [0.2, 0.25) is 0 Å². The molecule has 25 heavy (non-hydrogen) atoms. The molecule has 0 saturated heterocycles. The second-order valence-electron chi connectivity index (χ2n) is 4.90. The van der Waals surface area contributed by atoms with E-state index in [9.17, 15) is 24.5 Å². The Morgan fingerprint density at radius 3 is 2.12 bits per heavy atom. The van der Waals surface area contributed by atoms with Gasteiger partial charge in [0.25, 0.3) is 5.69 Å². The van der Waals surface area contributed by atoms with E-state index in [0.717, 1.165) is 13.0 Å². The summed E-state index contributed by atoms with van der Waals surface area (Å²) in [5.41, 5.74) is -0.260. The third-order valence-corrected chi connectivity index (χ3v) is 3.08. The molecule has 0 spiro atoms. The van der Waals surface area contributed by atoms with Crippen LogP contribution in [-0.2, 0) is 30.3 Å². The summed E-state index contributed by atoms with van der Waals surface area (Å²) in [5.74, 6) is -3.60. The lowest BCUT2D eigenvalue weighted by Crippen LogP contribution is -2.30. The van der Waals surface area contributed by atoms with Gasteiger partial charge in [-0.3, -0.25) is 24.5 Å². The summed E-state index contributed by atoms with van der Waals surface area (Å²) < 4.78 is 14.5. The monoisotopic (exact) mass is 353 g/mol. The molecule has 9 heteroatoms. The topological polar surface area (TPSA) is 122 Å². The molecule has 0 aliphatic carbocycles. The Labute approximate surface area is 144 Å². The average Bonchev–Trinajstić information content (AvgIpc) is 2.53. The van der Waals surface area contributed by atoms with E-state index in [-0.39, 0.29) is 36.6 Å². The van der Waals surface area contributed by atoms with Gasteiger partial charge in [-0.2, -0.15) is 0 Å². The van der Waals surface area contributed by atoms with Crippen molar-refractivity contribution in [2.24, 2.45) is 5.92 Å². The van der Waals surface area contributed by atoms with Crippen LogP contribution in [0.25, 0.3) is 0 Å². The molecular weight excluding hydrogens is 334 g/mol. The number of hydrogen-bond donors (Lipinski definition) is 0. The van der Waals surface area contributed by atoms with Gasteiger partial charge in [0.2, 0.25) is 0 Å². The van der Waals surface area contributed by atoms with Crippen molar-refractivity contribution in [1.82, 2.24) is 0 Å². The summed E-state index contributed by atoms with van der Waals surface area (Å²) in [6.45, 7) is 4.44. The van der Waals surface area contributed by atoms with Gasteiger partial charge in [0.05, 0.1) is 24.2 Å². The quantitative estimate of drug-likeness (QED) is 0.228. The summed E-state index contributed by atoms with van der Waals surface area (Å²) >= 11 is 0. The van der Waals surface area contributed by atoms with Crippen LogP contribution in [0.1, 0.15) is 26.3 Å². The number of hydrogen-bond acceptors (Lipinski definition) is 8. The molecular formula is C16H19NO8. The minimum absolute atomic E-state index is 0.00762. The fraction of sp³-hybridized carbons (Fsp3) is 0.438. The van der Waals surface area contributed by atoms with Crippen LogP contribution in [0.3, 0.4) is 0 Å². The van der Waals surface area contributed by atoms with Gasteiger partial charge < -0.3 is 14.2 Å². The minimum atomic E-state index is -1.32. The maximum Gasteiger partial charge on any atom is 0.320 e. The molecule has 9 nitrogen and oxygen atoms in total. The molecule has 0 fully saturated rings. The maximum atomic E-state index is 12.0. The maximum absolute atomic E-state index is 12.0. The van der Waals surface area contributed by atoms with Crippen LogP contribution in [0, 0.1) is 16.0 Å². The number of carbonyl (C=O) groups excluding carboxylic acids is 3. The first-order valence-corrected chi connectivity index (χ1v) is 7.59. The number of carbonyl (C=O) groups is 3. The molecule has 1 rings (SSSR count). The van der Waals surface area contributed by atoms with Gasteiger partial charge in [0.1, 0.15) is 5.75 Å². The lowest BCUT2D eigenvalue weighted by Gasteiger charge is -2.14. The summed E-state index contributed by atoms with van der Waals surface area (Å²) in [6, 6.07) is 3.73. The molecule has 0 amide bonds. The van der Waals surface area contributed by atoms with Crippen LogP contribution >= 0.6 is 0 Å². The van der Waals surface area contributed by atoms with E-state index in [0.29, 0.717) is 0 Å². The number of ether oxygens (including phenoxy) is 3. The Bertz CT molecular complexity index is 652. The van der Waals surface area contributed by atoms with E-state index in [1.54, 1.807) is 13.8 Å². The molecule has 0 aliphatic rings. The van der Waals surface area contributed by atoms with Gasteiger partial charge in [-0.25, -0.2) is 0 Å². The molecule has 136 valence electrons. The van der Waals surface area contributed by atoms with Gasteiger partial charge in [0.15, 0.2) is 5.92 Å². The predicted octanol–water partition coefficient (Wildman–Crippen LogP) is 1.80. The van der Waals surface area contributed by atoms with Crippen molar-refractivity contribution in [1.29, 1.82) is 0 Å². The van der Waals surface area contributed by atoms with Crippen LogP contribution < -0.4 is 4.74 Å². The summed E-state index contributed by atoms with van der Waals surface area (Å²) in [5, 5.41) is 11.3. The van der Waals surface area contributed by atoms with Gasteiger partial charge >= 0.3 is 17.9 Å². The molecule has 0 saturated carbocycles. The molecule has 0 heterocycles. The molecule has 0 atom stereocenters. The molecule has 0 aromatic heterocycles. The second kappa shape index (κ2) is 9.36. The zero-order valence-corrected chi connectivity index (χ0v) is 14.1. The SMILES string of the molecule is CCOC(=O)C(Cc1ccc(OC(C)=O)cc1[N+](=O)[O-])C(=O)OCC. The van der Waals surface area contributed by atoms with E-state index >= 15 is 0 Å². The van der Waals surface area contributed by atoms with E-state index in [2.05, 4.69) is 0 Å². The van der Waals surface area contributed by atoms with Gasteiger partial charge in [0, 0.05) is 18.9 Å². The Kier molecular flexibility index (Phi) is 7.51. The Hall–Kier alpha value is -2.97. The first-order valence-electron chi connectivity index (χ1n) is 7.59. The lowest BCUT2D eigenvalue weighted by molar-refractivity contribution is -0.385. The van der Waals surface area contributed by atoms with Crippen molar-refractivity contribution in [2.45, 2.75) is 27.2 Å². The first-order chi connectivity index (χ1) is 11.8. The average molecular weight is 353 g/mol. The zero-order chi connectivity index (χ0) is 19.0. The van der Waals surface area contributed by atoms with Gasteiger partial charge in [-0.15, -0.1) is 0 Å². The Balaban J connectivity index is 3.17. The highest BCUT2D eigenvalue weighted by Crippen LogP contribution is 2.27. The number of nitrogens with zero attached hydrogens (tertiary/aromatic N) is 1. The van der Waals surface area contributed by atoms with Crippen LogP contribution in [-0.4, -0.2) is 36.0 Å². The number of esters is 3. The van der Waals surface area contributed by atoms with Gasteiger partial charge in [-0.05, 0) is 26.0 Å². The third kappa shape index (κ3) is 5.87. The summed E-state index contributed by atoms with van der Waals surface area (Å²) in [7, 11) is 0. The molecule has 0 N–H and O–H groups in total. The van der Waals surface area contributed by atoms with Gasteiger partial charge in [-0.1, -0.05) is 0 Å².